The van der Waals surface area contributed by atoms with Crippen LogP contribution in [0, 0.1) is 0 Å². The Hall–Kier alpha value is -1.51. The summed E-state index contributed by atoms with van der Waals surface area (Å²) in [5.41, 5.74) is 0. The molecule has 4 nitrogen and oxygen atoms in total. The second-order valence-electron chi connectivity index (χ2n) is 3.61. The number of rotatable bonds is 1. The molecule has 0 aliphatic heterocycles. The minimum absolute atomic E-state index is 0.268. The van der Waals surface area contributed by atoms with E-state index in [-0.39, 0.29) is 3.96 Å². The molecule has 0 spiro atoms. The zero-order chi connectivity index (χ0) is 12.8. The first kappa shape index (κ1) is 13.6. The van der Waals surface area contributed by atoms with Gasteiger partial charge < -0.3 is 0 Å². The zero-order valence-corrected chi connectivity index (χ0v) is 12.0. The van der Waals surface area contributed by atoms with Gasteiger partial charge in [0.25, 0.3) is 0 Å². The zero-order valence-electron chi connectivity index (χ0n) is 9.10. The van der Waals surface area contributed by atoms with Crippen LogP contribution in [-0.4, -0.2) is 17.1 Å². The van der Waals surface area contributed by atoms with Crippen molar-refractivity contribution < 1.29 is 32.1 Å². The fourth-order valence-corrected chi connectivity index (χ4v) is 7.37. The molecule has 0 radical (unpaired) electrons. The summed E-state index contributed by atoms with van der Waals surface area (Å²) in [7, 11) is 0. The Balaban J connectivity index is 3.89. The summed E-state index contributed by atoms with van der Waals surface area (Å²) >= 11 is -5.75. The van der Waals surface area contributed by atoms with Crippen molar-refractivity contribution in [3.63, 3.8) is 0 Å². The van der Waals surface area contributed by atoms with E-state index in [0.717, 1.165) is 6.42 Å². The predicted octanol–water partition coefficient (Wildman–Crippen LogP) is 0.959. The molecule has 0 saturated carbocycles. The van der Waals surface area contributed by atoms with Gasteiger partial charge in [-0.2, -0.15) is 0 Å². The van der Waals surface area contributed by atoms with Crippen LogP contribution in [0.15, 0.2) is 22.2 Å². The molecule has 0 fully saturated rings. The van der Waals surface area contributed by atoms with Crippen molar-refractivity contribution in [1.82, 2.24) is 0 Å². The Kier molecular flexibility index (Phi) is 4.16. The predicted molar refractivity (Wildman–Crippen MR) is 58.5 cm³/mol. The van der Waals surface area contributed by atoms with E-state index in [9.17, 15) is 19.2 Å². The quantitative estimate of drug-likeness (QED) is 0.612. The van der Waals surface area contributed by atoms with Gasteiger partial charge in [0.05, 0.1) is 0 Å². The number of hydrogen-bond donors (Lipinski definition) is 0. The topological polar surface area (TPSA) is 68.3 Å². The monoisotopic (exact) mass is 403 g/mol. The van der Waals surface area contributed by atoms with Crippen molar-refractivity contribution in [2.45, 2.75) is 25.7 Å². The summed E-state index contributed by atoms with van der Waals surface area (Å²) in [6.45, 7) is 0. The molecular formula is C12H11O4W-. The Labute approximate surface area is 97.1 Å². The van der Waals surface area contributed by atoms with Crippen LogP contribution in [0.5, 0.6) is 0 Å². The van der Waals surface area contributed by atoms with E-state index < -0.39 is 13.0 Å². The number of allylic oxidation sites excluding steroid dienone is 4. The standard InChI is InChI=1S/C8H11.4CO.W/c1-2-4-6-8-7-5-3-1;4*1-2;/h1-2,7H,3-6H2;;;;;/q;;;;;-1. The van der Waals surface area contributed by atoms with Gasteiger partial charge in [0.15, 0.2) is 0 Å². The molecule has 1 aliphatic carbocycles. The van der Waals surface area contributed by atoms with Gasteiger partial charge in [-0.25, -0.2) is 0 Å². The maximum absolute atomic E-state index is 11.1. The van der Waals surface area contributed by atoms with Crippen LogP contribution in [0.25, 0.3) is 0 Å². The van der Waals surface area contributed by atoms with Gasteiger partial charge in [-0.1, -0.05) is 0 Å². The molecule has 17 heavy (non-hydrogen) atoms. The first-order valence-electron chi connectivity index (χ1n) is 5.04. The van der Waals surface area contributed by atoms with Gasteiger partial charge in [-0.15, -0.1) is 0 Å². The van der Waals surface area contributed by atoms with E-state index in [1.54, 1.807) is 6.08 Å². The Bertz CT molecular complexity index is 698. The Morgan fingerprint density at radius 3 is 1.88 bits per heavy atom. The van der Waals surface area contributed by atoms with Crippen LogP contribution in [-0.2, 0) is 32.1 Å². The molecule has 0 aromatic rings. The summed E-state index contributed by atoms with van der Waals surface area (Å²) in [4.78, 5) is 44.2. The van der Waals surface area contributed by atoms with Crippen LogP contribution in [0.3, 0.4) is 0 Å². The molecule has 0 bridgehead atoms. The van der Waals surface area contributed by atoms with E-state index in [1.807, 2.05) is 12.2 Å². The SMILES string of the molecule is O=[C]=[W-](=[C]=O)(=[C]=O)(=[C]=O)[C]1=CCCC=CCC1. The van der Waals surface area contributed by atoms with Crippen molar-refractivity contribution in [3.05, 3.63) is 22.2 Å². The summed E-state index contributed by atoms with van der Waals surface area (Å²) in [6.07, 6.45) is 7.67. The van der Waals surface area contributed by atoms with Crippen molar-refractivity contribution in [1.29, 1.82) is 0 Å². The Morgan fingerprint density at radius 2 is 1.35 bits per heavy atom. The summed E-state index contributed by atoms with van der Waals surface area (Å²) in [6, 6.07) is 0. The first-order valence-corrected chi connectivity index (χ1v) is 12.4. The minimum atomic E-state index is -5.75. The molecule has 0 amide bonds. The van der Waals surface area contributed by atoms with Crippen LogP contribution in [0.4, 0.5) is 0 Å². The number of carbonyl (C=O) groups excluding carboxylic acids is 4. The van der Waals surface area contributed by atoms with E-state index in [0.29, 0.717) is 19.3 Å². The second-order valence-corrected chi connectivity index (χ2v) is 15.2. The van der Waals surface area contributed by atoms with Crippen molar-refractivity contribution in [3.8, 4) is 0 Å². The van der Waals surface area contributed by atoms with Gasteiger partial charge in [-0.3, -0.25) is 0 Å². The van der Waals surface area contributed by atoms with Crippen molar-refractivity contribution in [2.24, 2.45) is 0 Å². The molecular weight excluding hydrogens is 392 g/mol. The third-order valence-electron chi connectivity index (χ3n) is 2.62. The van der Waals surface area contributed by atoms with Gasteiger partial charge in [0.2, 0.25) is 0 Å². The van der Waals surface area contributed by atoms with Gasteiger partial charge in [0, 0.05) is 0 Å². The fourth-order valence-electron chi connectivity index (χ4n) is 1.59. The van der Waals surface area contributed by atoms with Gasteiger partial charge in [0.1, 0.15) is 0 Å². The fraction of sp³-hybridized carbons (Fsp3) is 0.333. The molecule has 0 aromatic heterocycles. The third kappa shape index (κ3) is 2.14. The van der Waals surface area contributed by atoms with Gasteiger partial charge >= 0.3 is 97.1 Å². The molecule has 0 heterocycles. The summed E-state index contributed by atoms with van der Waals surface area (Å²) in [5, 5.41) is 0. The maximum atomic E-state index is 11.1. The molecule has 5 heteroatoms. The summed E-state index contributed by atoms with van der Waals surface area (Å²) in [5.74, 6) is 0. The molecule has 0 atom stereocenters. The van der Waals surface area contributed by atoms with Gasteiger partial charge in [-0.05, 0) is 0 Å². The van der Waals surface area contributed by atoms with Crippen molar-refractivity contribution >= 4 is 17.1 Å². The van der Waals surface area contributed by atoms with E-state index in [4.69, 9.17) is 0 Å². The van der Waals surface area contributed by atoms with Crippen LogP contribution < -0.4 is 0 Å². The molecule has 0 saturated heterocycles. The first-order chi connectivity index (χ1) is 8.17. The van der Waals surface area contributed by atoms with Crippen LogP contribution >= 0.6 is 0 Å². The normalized spacial score (nSPS) is 16.4. The molecule has 90 valence electrons. The number of hydrogen-bond acceptors (Lipinski definition) is 4. The molecule has 1 aliphatic rings. The van der Waals surface area contributed by atoms with E-state index in [2.05, 4.69) is 0 Å². The van der Waals surface area contributed by atoms with Crippen molar-refractivity contribution in [2.75, 3.05) is 0 Å². The molecule has 1 rings (SSSR count). The van der Waals surface area contributed by atoms with E-state index in [1.165, 1.54) is 17.1 Å². The average molecular weight is 403 g/mol. The average Bonchev–Trinajstić information content (AvgIpc) is 2.35. The molecule has 0 aromatic carbocycles. The molecule has 0 N–H and O–H groups in total. The molecule has 0 unspecified atom stereocenters. The van der Waals surface area contributed by atoms with Crippen LogP contribution in [0.2, 0.25) is 0 Å². The summed E-state index contributed by atoms with van der Waals surface area (Å²) < 4.78 is 5.83. The van der Waals surface area contributed by atoms with Crippen LogP contribution in [0.1, 0.15) is 25.7 Å². The second kappa shape index (κ2) is 5.21. The third-order valence-corrected chi connectivity index (χ3v) is 12.5. The Morgan fingerprint density at radius 1 is 0.824 bits per heavy atom. The van der Waals surface area contributed by atoms with E-state index >= 15 is 0 Å².